The van der Waals surface area contributed by atoms with Crippen LogP contribution in [0.2, 0.25) is 0 Å². The molecule has 1 aromatic rings. The van der Waals surface area contributed by atoms with Crippen LogP contribution in [0, 0.1) is 0 Å². The standard InChI is InChI=1S/C20H24BrN3O4/c1-28-19(27)23-8-2-3-14(10-23)22-17(25)11-24-12-20(6-7-20)16-9-13(21)4-5-15(16)18(24)26/h4-5,9,14H,2-3,6-8,10-12H2,1H3,(H,22,25)/t14-/m1/s1. The normalized spacial score (nSPS) is 22.6. The SMILES string of the molecule is COC(=O)N1CCC[C@@H](NC(=O)CN2CC3(CC3)c3cc(Br)ccc3C2=O)C1. The first kappa shape index (κ1) is 19.2. The maximum atomic E-state index is 12.9. The van der Waals surface area contributed by atoms with Crippen molar-refractivity contribution in [1.29, 1.82) is 0 Å². The number of methoxy groups -OCH3 is 1. The highest BCUT2D eigenvalue weighted by Gasteiger charge is 2.51. The van der Waals surface area contributed by atoms with E-state index in [4.69, 9.17) is 4.74 Å². The number of nitrogens with zero attached hydrogens (tertiary/aromatic N) is 2. The molecule has 3 amide bonds. The lowest BCUT2D eigenvalue weighted by atomic mass is 9.86. The molecule has 2 heterocycles. The lowest BCUT2D eigenvalue weighted by molar-refractivity contribution is -0.123. The van der Waals surface area contributed by atoms with E-state index in [0.717, 1.165) is 35.7 Å². The van der Waals surface area contributed by atoms with Crippen LogP contribution in [0.1, 0.15) is 41.6 Å². The van der Waals surface area contributed by atoms with E-state index in [0.29, 0.717) is 25.2 Å². The van der Waals surface area contributed by atoms with Crippen LogP contribution in [0.15, 0.2) is 22.7 Å². The number of ether oxygens (including phenoxy) is 1. The third-order valence-electron chi connectivity index (χ3n) is 5.97. The van der Waals surface area contributed by atoms with Crippen molar-refractivity contribution in [2.75, 3.05) is 33.3 Å². The van der Waals surface area contributed by atoms with Gasteiger partial charge in [-0.15, -0.1) is 0 Å². The minimum absolute atomic E-state index is 0.000174. The maximum absolute atomic E-state index is 12.9. The fourth-order valence-electron chi connectivity index (χ4n) is 4.38. The molecule has 4 rings (SSSR count). The lowest BCUT2D eigenvalue weighted by Crippen LogP contribution is -2.53. The van der Waals surface area contributed by atoms with Gasteiger partial charge >= 0.3 is 6.09 Å². The number of carbonyl (C=O) groups is 3. The molecule has 0 unspecified atom stereocenters. The zero-order valence-electron chi connectivity index (χ0n) is 15.9. The van der Waals surface area contributed by atoms with Gasteiger partial charge in [-0.3, -0.25) is 9.59 Å². The van der Waals surface area contributed by atoms with Crippen LogP contribution in [0.3, 0.4) is 0 Å². The van der Waals surface area contributed by atoms with Gasteiger partial charge in [0.1, 0.15) is 0 Å². The van der Waals surface area contributed by atoms with Crippen molar-refractivity contribution in [3.8, 4) is 0 Å². The molecule has 150 valence electrons. The van der Waals surface area contributed by atoms with Crippen molar-refractivity contribution in [3.05, 3.63) is 33.8 Å². The van der Waals surface area contributed by atoms with Gasteiger partial charge in [0.25, 0.3) is 5.91 Å². The van der Waals surface area contributed by atoms with Gasteiger partial charge < -0.3 is 19.9 Å². The third kappa shape index (κ3) is 3.62. The Hall–Kier alpha value is -2.09. The fourth-order valence-corrected chi connectivity index (χ4v) is 4.74. The van der Waals surface area contributed by atoms with Gasteiger partial charge in [0.2, 0.25) is 5.91 Å². The third-order valence-corrected chi connectivity index (χ3v) is 6.46. The number of rotatable bonds is 3. The molecule has 7 nitrogen and oxygen atoms in total. The minimum atomic E-state index is -0.372. The van der Waals surface area contributed by atoms with E-state index in [2.05, 4.69) is 21.2 Å². The number of likely N-dealkylation sites (tertiary alicyclic amines) is 1. The monoisotopic (exact) mass is 449 g/mol. The summed E-state index contributed by atoms with van der Waals surface area (Å²) in [6, 6.07) is 5.65. The molecule has 1 N–H and O–H groups in total. The average Bonchev–Trinajstić information content (AvgIpc) is 3.46. The van der Waals surface area contributed by atoms with Crippen LogP contribution < -0.4 is 5.32 Å². The van der Waals surface area contributed by atoms with E-state index in [1.165, 1.54) is 7.11 Å². The highest BCUT2D eigenvalue weighted by atomic mass is 79.9. The molecule has 0 bridgehead atoms. The first-order valence-electron chi connectivity index (χ1n) is 9.63. The number of hydrogen-bond acceptors (Lipinski definition) is 4. The number of piperidine rings is 1. The summed E-state index contributed by atoms with van der Waals surface area (Å²) in [5, 5.41) is 2.99. The predicted octanol–water partition coefficient (Wildman–Crippen LogP) is 2.28. The first-order valence-corrected chi connectivity index (χ1v) is 10.4. The number of nitrogens with one attached hydrogen (secondary N) is 1. The molecule has 1 atom stereocenters. The summed E-state index contributed by atoms with van der Waals surface area (Å²) in [4.78, 5) is 40.5. The minimum Gasteiger partial charge on any atom is -0.453 e. The first-order chi connectivity index (χ1) is 13.4. The highest BCUT2D eigenvalue weighted by molar-refractivity contribution is 9.10. The summed E-state index contributed by atoms with van der Waals surface area (Å²) in [5.41, 5.74) is 1.80. The second-order valence-corrected chi connectivity index (χ2v) is 8.87. The molecule has 8 heteroatoms. The van der Waals surface area contributed by atoms with E-state index in [9.17, 15) is 14.4 Å². The van der Waals surface area contributed by atoms with Gasteiger partial charge in [0, 0.05) is 41.1 Å². The van der Waals surface area contributed by atoms with Crippen LogP contribution in [0.4, 0.5) is 4.79 Å². The average molecular weight is 450 g/mol. The smallest absolute Gasteiger partial charge is 0.409 e. The second kappa shape index (κ2) is 7.39. The molecular weight excluding hydrogens is 426 g/mol. The topological polar surface area (TPSA) is 79.0 Å². The number of halogens is 1. The van der Waals surface area contributed by atoms with E-state index >= 15 is 0 Å². The Morgan fingerprint density at radius 3 is 2.86 bits per heavy atom. The van der Waals surface area contributed by atoms with Crippen molar-refractivity contribution >= 4 is 33.8 Å². The summed E-state index contributed by atoms with van der Waals surface area (Å²) in [5.74, 6) is -0.267. The molecule has 1 saturated carbocycles. The second-order valence-electron chi connectivity index (χ2n) is 7.95. The number of benzene rings is 1. The number of hydrogen-bond donors (Lipinski definition) is 1. The summed E-state index contributed by atoms with van der Waals surface area (Å²) < 4.78 is 5.74. The Bertz CT molecular complexity index is 824. The summed E-state index contributed by atoms with van der Waals surface area (Å²) in [6.45, 7) is 1.71. The quantitative estimate of drug-likeness (QED) is 0.767. The van der Waals surface area contributed by atoms with Crippen LogP contribution in [-0.2, 0) is 14.9 Å². The summed E-state index contributed by atoms with van der Waals surface area (Å²) >= 11 is 3.49. The zero-order valence-corrected chi connectivity index (χ0v) is 17.5. The van der Waals surface area contributed by atoms with Crippen molar-refractivity contribution in [3.63, 3.8) is 0 Å². The van der Waals surface area contributed by atoms with E-state index in [1.807, 2.05) is 18.2 Å². The van der Waals surface area contributed by atoms with E-state index in [1.54, 1.807) is 9.80 Å². The summed E-state index contributed by atoms with van der Waals surface area (Å²) in [7, 11) is 1.36. The highest BCUT2D eigenvalue weighted by Crippen LogP contribution is 2.52. The molecule has 28 heavy (non-hydrogen) atoms. The Labute approximate surface area is 172 Å². The largest absolute Gasteiger partial charge is 0.453 e. The van der Waals surface area contributed by atoms with Gasteiger partial charge in [-0.25, -0.2) is 4.79 Å². The molecule has 2 aliphatic heterocycles. The van der Waals surface area contributed by atoms with E-state index in [-0.39, 0.29) is 35.9 Å². The maximum Gasteiger partial charge on any atom is 0.409 e. The van der Waals surface area contributed by atoms with Crippen molar-refractivity contribution in [2.45, 2.75) is 37.1 Å². The number of fused-ring (bicyclic) bond motifs is 2. The fraction of sp³-hybridized carbons (Fsp3) is 0.550. The molecule has 1 saturated heterocycles. The summed E-state index contributed by atoms with van der Waals surface area (Å²) in [6.07, 6.45) is 3.34. The molecule has 2 fully saturated rings. The number of amides is 3. The Morgan fingerprint density at radius 1 is 1.36 bits per heavy atom. The van der Waals surface area contributed by atoms with E-state index < -0.39 is 0 Å². The number of carbonyl (C=O) groups excluding carboxylic acids is 3. The van der Waals surface area contributed by atoms with Gasteiger partial charge in [-0.2, -0.15) is 0 Å². The van der Waals surface area contributed by atoms with Gasteiger partial charge in [-0.05, 0) is 49.4 Å². The molecule has 1 spiro atoms. The van der Waals surface area contributed by atoms with Gasteiger partial charge in [-0.1, -0.05) is 15.9 Å². The molecule has 1 aromatic carbocycles. The molecule has 0 aromatic heterocycles. The Balaban J connectivity index is 1.41. The molecule has 3 aliphatic rings. The Kier molecular flexibility index (Phi) is 5.07. The lowest BCUT2D eigenvalue weighted by Gasteiger charge is -2.36. The van der Waals surface area contributed by atoms with Crippen LogP contribution in [0.5, 0.6) is 0 Å². The predicted molar refractivity (Wildman–Crippen MR) is 106 cm³/mol. The molecular formula is C20H24BrN3O4. The van der Waals surface area contributed by atoms with Crippen LogP contribution in [-0.4, -0.2) is 67.0 Å². The van der Waals surface area contributed by atoms with Crippen LogP contribution in [0.25, 0.3) is 0 Å². The zero-order chi connectivity index (χ0) is 19.9. The van der Waals surface area contributed by atoms with Crippen molar-refractivity contribution in [1.82, 2.24) is 15.1 Å². The van der Waals surface area contributed by atoms with Gasteiger partial charge in [0.15, 0.2) is 0 Å². The van der Waals surface area contributed by atoms with Crippen LogP contribution >= 0.6 is 15.9 Å². The van der Waals surface area contributed by atoms with Gasteiger partial charge in [0.05, 0.1) is 13.7 Å². The van der Waals surface area contributed by atoms with Crippen molar-refractivity contribution < 1.29 is 19.1 Å². The molecule has 0 radical (unpaired) electrons. The van der Waals surface area contributed by atoms with Crippen molar-refractivity contribution in [2.24, 2.45) is 0 Å². The Morgan fingerprint density at radius 2 is 2.14 bits per heavy atom. The molecule has 1 aliphatic carbocycles.